The molecule has 2 aromatic carbocycles. The highest BCUT2D eigenvalue weighted by molar-refractivity contribution is 9.10. The van der Waals surface area contributed by atoms with Gasteiger partial charge < -0.3 is 10.1 Å². The van der Waals surface area contributed by atoms with Gasteiger partial charge in [-0.2, -0.15) is 0 Å². The molecule has 0 aliphatic heterocycles. The lowest BCUT2D eigenvalue weighted by molar-refractivity contribution is 0.299. The largest absolute Gasteiger partial charge is 0.489 e. The van der Waals surface area contributed by atoms with Crippen molar-refractivity contribution in [2.24, 2.45) is 0 Å². The zero-order chi connectivity index (χ0) is 14.5. The van der Waals surface area contributed by atoms with Crippen molar-refractivity contribution in [3.8, 4) is 5.75 Å². The molecule has 1 atom stereocenters. The number of nitrogens with one attached hydrogen (secondary N) is 1. The van der Waals surface area contributed by atoms with Crippen LogP contribution in [0.3, 0.4) is 0 Å². The van der Waals surface area contributed by atoms with E-state index in [4.69, 9.17) is 4.74 Å². The van der Waals surface area contributed by atoms with E-state index in [2.05, 4.69) is 21.2 Å². The van der Waals surface area contributed by atoms with Crippen LogP contribution in [0.25, 0.3) is 0 Å². The number of halogens is 2. The van der Waals surface area contributed by atoms with E-state index in [0.29, 0.717) is 12.4 Å². The molecule has 0 fully saturated rings. The topological polar surface area (TPSA) is 21.3 Å². The zero-order valence-electron chi connectivity index (χ0n) is 11.5. The summed E-state index contributed by atoms with van der Waals surface area (Å²) in [5.74, 6) is 0.453. The van der Waals surface area contributed by atoms with Crippen molar-refractivity contribution < 1.29 is 9.13 Å². The number of hydrogen-bond acceptors (Lipinski definition) is 2. The smallest absolute Gasteiger partial charge is 0.124 e. The molecular formula is C16H17BrFNO. The normalized spacial score (nSPS) is 12.2. The maximum Gasteiger partial charge on any atom is 0.124 e. The lowest BCUT2D eigenvalue weighted by atomic mass is 10.1. The molecule has 2 aromatic rings. The first-order valence-corrected chi connectivity index (χ1v) is 7.23. The predicted octanol–water partition coefficient (Wildman–Crippen LogP) is 4.45. The molecule has 2 rings (SSSR count). The Morgan fingerprint density at radius 2 is 1.90 bits per heavy atom. The van der Waals surface area contributed by atoms with Gasteiger partial charge in [-0.1, -0.05) is 28.1 Å². The number of benzene rings is 2. The highest BCUT2D eigenvalue weighted by atomic mass is 79.9. The molecule has 0 aliphatic carbocycles. The molecule has 0 saturated carbocycles. The SMILES string of the molecule is CNC(C)c1cc(F)ccc1OCc1ccc(Br)cc1. The van der Waals surface area contributed by atoms with E-state index in [1.165, 1.54) is 12.1 Å². The summed E-state index contributed by atoms with van der Waals surface area (Å²) in [5.41, 5.74) is 1.89. The molecule has 0 amide bonds. The van der Waals surface area contributed by atoms with Gasteiger partial charge in [0.15, 0.2) is 0 Å². The number of hydrogen-bond donors (Lipinski definition) is 1. The molecular weight excluding hydrogens is 321 g/mol. The summed E-state index contributed by atoms with van der Waals surface area (Å²) < 4.78 is 20.2. The van der Waals surface area contributed by atoms with Crippen LogP contribution < -0.4 is 10.1 Å². The summed E-state index contributed by atoms with van der Waals surface area (Å²) in [6.45, 7) is 2.43. The molecule has 0 radical (unpaired) electrons. The number of ether oxygens (including phenoxy) is 1. The summed E-state index contributed by atoms with van der Waals surface area (Å²) in [6, 6.07) is 12.6. The van der Waals surface area contributed by atoms with Crippen LogP contribution in [0.4, 0.5) is 4.39 Å². The first kappa shape index (κ1) is 15.0. The third-order valence-electron chi connectivity index (χ3n) is 3.18. The van der Waals surface area contributed by atoms with Crippen molar-refractivity contribution in [3.63, 3.8) is 0 Å². The lowest BCUT2D eigenvalue weighted by Gasteiger charge is -2.16. The average molecular weight is 338 g/mol. The third-order valence-corrected chi connectivity index (χ3v) is 3.71. The van der Waals surface area contributed by atoms with E-state index in [0.717, 1.165) is 15.6 Å². The van der Waals surface area contributed by atoms with Gasteiger partial charge in [0, 0.05) is 16.1 Å². The van der Waals surface area contributed by atoms with Crippen molar-refractivity contribution >= 4 is 15.9 Å². The van der Waals surface area contributed by atoms with Gasteiger partial charge in [0.2, 0.25) is 0 Å². The van der Waals surface area contributed by atoms with Crippen LogP contribution in [0.15, 0.2) is 46.9 Å². The van der Waals surface area contributed by atoms with Crippen LogP contribution in [0.2, 0.25) is 0 Å². The summed E-state index contributed by atoms with van der Waals surface area (Å²) in [5, 5.41) is 3.10. The molecule has 0 spiro atoms. The summed E-state index contributed by atoms with van der Waals surface area (Å²) in [7, 11) is 1.84. The van der Waals surface area contributed by atoms with Crippen molar-refractivity contribution in [2.75, 3.05) is 7.05 Å². The van der Waals surface area contributed by atoms with Crippen LogP contribution in [-0.2, 0) is 6.61 Å². The minimum absolute atomic E-state index is 0.0330. The fourth-order valence-corrected chi connectivity index (χ4v) is 2.15. The monoisotopic (exact) mass is 337 g/mol. The molecule has 4 heteroatoms. The van der Waals surface area contributed by atoms with E-state index in [1.54, 1.807) is 6.07 Å². The maximum atomic E-state index is 13.4. The molecule has 0 heterocycles. The van der Waals surface area contributed by atoms with Gasteiger partial charge in [-0.3, -0.25) is 0 Å². The van der Waals surface area contributed by atoms with E-state index in [1.807, 2.05) is 38.2 Å². The average Bonchev–Trinajstić information content (AvgIpc) is 2.46. The lowest BCUT2D eigenvalue weighted by Crippen LogP contribution is -2.14. The molecule has 1 unspecified atom stereocenters. The van der Waals surface area contributed by atoms with Crippen molar-refractivity contribution in [3.05, 3.63) is 63.9 Å². The second-order valence-corrected chi connectivity index (χ2v) is 5.52. The van der Waals surface area contributed by atoms with Crippen LogP contribution in [-0.4, -0.2) is 7.05 Å². The quantitative estimate of drug-likeness (QED) is 0.870. The molecule has 1 N–H and O–H groups in total. The molecule has 20 heavy (non-hydrogen) atoms. The van der Waals surface area contributed by atoms with E-state index in [-0.39, 0.29) is 11.9 Å². The van der Waals surface area contributed by atoms with Gasteiger partial charge in [0.05, 0.1) is 0 Å². The summed E-state index contributed by atoms with van der Waals surface area (Å²) >= 11 is 3.40. The van der Waals surface area contributed by atoms with Gasteiger partial charge >= 0.3 is 0 Å². The van der Waals surface area contributed by atoms with Gasteiger partial charge in [-0.25, -0.2) is 4.39 Å². The fourth-order valence-electron chi connectivity index (χ4n) is 1.89. The van der Waals surface area contributed by atoms with Crippen molar-refractivity contribution in [1.29, 1.82) is 0 Å². The summed E-state index contributed by atoms with van der Waals surface area (Å²) in [6.07, 6.45) is 0. The second kappa shape index (κ2) is 6.86. The molecule has 0 saturated heterocycles. The highest BCUT2D eigenvalue weighted by Crippen LogP contribution is 2.26. The van der Waals surface area contributed by atoms with Crippen LogP contribution >= 0.6 is 15.9 Å². The first-order valence-electron chi connectivity index (χ1n) is 6.44. The van der Waals surface area contributed by atoms with Crippen molar-refractivity contribution in [2.45, 2.75) is 19.6 Å². The van der Waals surface area contributed by atoms with Gasteiger partial charge in [-0.05, 0) is 49.9 Å². The first-order chi connectivity index (χ1) is 9.60. The highest BCUT2D eigenvalue weighted by Gasteiger charge is 2.11. The Morgan fingerprint density at radius 3 is 2.55 bits per heavy atom. The van der Waals surface area contributed by atoms with E-state index in [9.17, 15) is 4.39 Å². The molecule has 0 bridgehead atoms. The Bertz CT molecular complexity index is 571. The van der Waals surface area contributed by atoms with Crippen LogP contribution in [0, 0.1) is 5.82 Å². The Hall–Kier alpha value is -1.39. The number of rotatable bonds is 5. The van der Waals surface area contributed by atoms with Crippen molar-refractivity contribution in [1.82, 2.24) is 5.32 Å². The van der Waals surface area contributed by atoms with Crippen LogP contribution in [0.5, 0.6) is 5.75 Å². The molecule has 0 aromatic heterocycles. The third kappa shape index (κ3) is 3.81. The predicted molar refractivity (Wildman–Crippen MR) is 82.3 cm³/mol. The fraction of sp³-hybridized carbons (Fsp3) is 0.250. The maximum absolute atomic E-state index is 13.4. The molecule has 2 nitrogen and oxygen atoms in total. The van der Waals surface area contributed by atoms with E-state index >= 15 is 0 Å². The Morgan fingerprint density at radius 1 is 1.20 bits per heavy atom. The molecule has 106 valence electrons. The zero-order valence-corrected chi connectivity index (χ0v) is 13.1. The van der Waals surface area contributed by atoms with Gasteiger partial charge in [0.25, 0.3) is 0 Å². The van der Waals surface area contributed by atoms with Gasteiger partial charge in [0.1, 0.15) is 18.2 Å². The van der Waals surface area contributed by atoms with Crippen LogP contribution in [0.1, 0.15) is 24.1 Å². The Balaban J connectivity index is 2.14. The second-order valence-electron chi connectivity index (χ2n) is 4.61. The van der Waals surface area contributed by atoms with Gasteiger partial charge in [-0.15, -0.1) is 0 Å². The summed E-state index contributed by atoms with van der Waals surface area (Å²) in [4.78, 5) is 0. The van der Waals surface area contributed by atoms with E-state index < -0.39 is 0 Å². The minimum Gasteiger partial charge on any atom is -0.489 e. The Kier molecular flexibility index (Phi) is 5.15. The standard InChI is InChI=1S/C16H17BrFNO/c1-11(19-2)15-9-14(18)7-8-16(15)20-10-12-3-5-13(17)6-4-12/h3-9,11,19H,10H2,1-2H3. The molecule has 0 aliphatic rings. The minimum atomic E-state index is -0.252. The Labute approximate surface area is 127 Å².